The predicted octanol–water partition coefficient (Wildman–Crippen LogP) is 3.11. The lowest BCUT2D eigenvalue weighted by molar-refractivity contribution is -0.197. The van der Waals surface area contributed by atoms with Crippen molar-refractivity contribution in [2.45, 2.75) is 43.5 Å². The first-order valence-electron chi connectivity index (χ1n) is 13.1. The summed E-state index contributed by atoms with van der Waals surface area (Å²) in [6.07, 6.45) is -1.54. The van der Waals surface area contributed by atoms with Crippen LogP contribution in [0.3, 0.4) is 0 Å². The molecule has 1 saturated carbocycles. The molecule has 1 N–H and O–H groups in total. The van der Waals surface area contributed by atoms with Crippen LogP contribution >= 0.6 is 15.9 Å². The molecule has 10 heteroatoms. The van der Waals surface area contributed by atoms with Crippen molar-refractivity contribution < 1.29 is 33.9 Å². The molecule has 6 rings (SSSR count). The Kier molecular flexibility index (Phi) is 5.94. The van der Waals surface area contributed by atoms with Crippen LogP contribution in [0, 0.1) is 16.7 Å². The Morgan fingerprint density at radius 2 is 1.45 bits per heavy atom. The normalized spacial score (nSPS) is 32.9. The van der Waals surface area contributed by atoms with Crippen LogP contribution in [0.1, 0.15) is 44.2 Å². The number of carbonyl (C=O) groups is 5. The van der Waals surface area contributed by atoms with Crippen LogP contribution in [0.5, 0.6) is 0 Å². The smallest absolute Gasteiger partial charge is 0.335 e. The third kappa shape index (κ3) is 3.20. The summed E-state index contributed by atoms with van der Waals surface area (Å²) in [7, 11) is 0. The number of nitrogens with zero attached hydrogens (tertiary/aromatic N) is 2. The summed E-state index contributed by atoms with van der Waals surface area (Å²) in [6.45, 7) is 3.35. The van der Waals surface area contributed by atoms with E-state index < -0.39 is 63.2 Å². The Hall–Kier alpha value is -3.63. The summed E-state index contributed by atoms with van der Waals surface area (Å²) < 4.78 is -1.47. The van der Waals surface area contributed by atoms with Crippen LogP contribution in [0.4, 0.5) is 0 Å². The first-order chi connectivity index (χ1) is 19.0. The topological polar surface area (TPSA) is 121 Å². The van der Waals surface area contributed by atoms with E-state index in [0.717, 1.165) is 27.2 Å². The van der Waals surface area contributed by atoms with Crippen molar-refractivity contribution in [1.29, 1.82) is 0 Å². The Bertz CT molecular complexity index is 1490. The predicted molar refractivity (Wildman–Crippen MR) is 146 cm³/mol. The fourth-order valence-corrected chi connectivity index (χ4v) is 8.65. The maximum Gasteiger partial charge on any atom is 0.335 e. The summed E-state index contributed by atoms with van der Waals surface area (Å²) in [5.41, 5.74) is 0.949. The molecule has 2 aromatic rings. The van der Waals surface area contributed by atoms with Gasteiger partial charge in [0.1, 0.15) is 4.32 Å². The summed E-state index contributed by atoms with van der Waals surface area (Å²) in [5.74, 6) is -4.13. The number of halogens is 1. The monoisotopic (exact) mass is 606 g/mol. The van der Waals surface area contributed by atoms with Gasteiger partial charge in [0, 0.05) is 30.2 Å². The molecule has 2 aliphatic carbocycles. The van der Waals surface area contributed by atoms with Gasteiger partial charge in [-0.1, -0.05) is 90.4 Å². The minimum Gasteiger partial charge on any atom is -0.391 e. The molecule has 0 aromatic heterocycles. The van der Waals surface area contributed by atoms with E-state index in [9.17, 15) is 29.1 Å². The van der Waals surface area contributed by atoms with E-state index in [2.05, 4.69) is 15.9 Å². The molecule has 0 spiro atoms. The minimum atomic E-state index is -1.47. The van der Waals surface area contributed by atoms with Gasteiger partial charge < -0.3 is 9.94 Å². The molecule has 2 bridgehead atoms. The molecule has 0 radical (unpaired) electrons. The Labute approximate surface area is 238 Å². The largest absolute Gasteiger partial charge is 0.391 e. The third-order valence-corrected chi connectivity index (χ3v) is 10.7. The first-order valence-corrected chi connectivity index (χ1v) is 13.9. The minimum absolute atomic E-state index is 0.0387. The van der Waals surface area contributed by atoms with E-state index in [1.807, 2.05) is 74.5 Å². The van der Waals surface area contributed by atoms with Gasteiger partial charge in [-0.3, -0.25) is 24.1 Å². The van der Waals surface area contributed by atoms with Gasteiger partial charge in [0.05, 0.1) is 18.4 Å². The van der Waals surface area contributed by atoms with Crippen molar-refractivity contribution in [3.05, 3.63) is 71.8 Å². The van der Waals surface area contributed by atoms with Crippen LogP contribution < -0.4 is 0 Å². The third-order valence-electron chi connectivity index (χ3n) is 9.11. The summed E-state index contributed by atoms with van der Waals surface area (Å²) in [4.78, 5) is 70.3. The van der Waals surface area contributed by atoms with Crippen molar-refractivity contribution in [3.8, 4) is 0 Å². The number of benzene rings is 2. The lowest BCUT2D eigenvalue weighted by atomic mass is 9.63. The van der Waals surface area contributed by atoms with Crippen LogP contribution in [0.15, 0.2) is 60.7 Å². The average Bonchev–Trinajstić information content (AvgIpc) is 3.48. The quantitative estimate of drug-likeness (QED) is 0.396. The average molecular weight is 607 g/mol. The zero-order valence-corrected chi connectivity index (χ0v) is 23.5. The zero-order valence-electron chi connectivity index (χ0n) is 21.9. The van der Waals surface area contributed by atoms with Gasteiger partial charge in [0.2, 0.25) is 11.8 Å². The Morgan fingerprint density at radius 1 is 0.925 bits per heavy atom. The number of aliphatic hydroxyl groups excluding tert-OH is 1. The lowest BCUT2D eigenvalue weighted by Gasteiger charge is -2.42. The summed E-state index contributed by atoms with van der Waals surface area (Å²) >= 11 is 3.72. The summed E-state index contributed by atoms with van der Waals surface area (Å²) in [5, 5.41) is 12.4. The van der Waals surface area contributed by atoms with E-state index in [4.69, 9.17) is 4.84 Å². The van der Waals surface area contributed by atoms with Crippen LogP contribution in [-0.4, -0.2) is 61.6 Å². The molecule has 9 nitrogen and oxygen atoms in total. The fourth-order valence-electron chi connectivity index (χ4n) is 7.35. The molecule has 3 fully saturated rings. The number of amides is 4. The number of carbonyl (C=O) groups excluding carboxylic acids is 5. The number of aliphatic hydroxyl groups is 1. The fraction of sp³-hybridized carbons (Fsp3) is 0.367. The molecule has 4 amide bonds. The maximum absolute atomic E-state index is 14.1. The van der Waals surface area contributed by atoms with E-state index in [-0.39, 0.29) is 19.4 Å². The van der Waals surface area contributed by atoms with E-state index >= 15 is 0 Å². The van der Waals surface area contributed by atoms with Gasteiger partial charge in [0.25, 0.3) is 11.8 Å². The molecule has 2 aromatic carbocycles. The van der Waals surface area contributed by atoms with Crippen LogP contribution in [0.2, 0.25) is 0 Å². The maximum atomic E-state index is 14.1. The number of hydrogen-bond acceptors (Lipinski definition) is 7. The molecule has 5 unspecified atom stereocenters. The number of alkyl halides is 1. The van der Waals surface area contributed by atoms with Gasteiger partial charge in [0.15, 0.2) is 0 Å². The van der Waals surface area contributed by atoms with Crippen molar-refractivity contribution >= 4 is 56.7 Å². The second-order valence-corrected chi connectivity index (χ2v) is 12.4. The molecule has 206 valence electrons. The van der Waals surface area contributed by atoms with E-state index in [1.54, 1.807) is 0 Å². The molecule has 2 heterocycles. The number of imide groups is 2. The lowest BCUT2D eigenvalue weighted by Crippen LogP contribution is -2.51. The first kappa shape index (κ1) is 26.6. The SMILES string of the molecule is CC12C(c3ccccc3)=C(c3ccccc3)C(C)(C1O)C1(Br)C(=O)N(CCC(=O)ON3C(=O)CCC3=O)C(=O)C21. The Morgan fingerprint density at radius 3 is 2.00 bits per heavy atom. The van der Waals surface area contributed by atoms with Gasteiger partial charge >= 0.3 is 5.97 Å². The highest BCUT2D eigenvalue weighted by molar-refractivity contribution is 9.10. The number of fused-ring (bicyclic) bond motifs is 5. The standard InChI is InChI=1S/C30H27BrN2O7/c1-28-22(17-9-5-3-6-10-17)23(18-11-7-4-8-12-18)29(2,26(28)38)30(31)24(28)25(37)32(27(30)39)16-15-21(36)40-33-19(34)13-14-20(33)35/h3-12,24,26,38H,13-16H2,1-2H3. The molecule has 2 saturated heterocycles. The van der Waals surface area contributed by atoms with E-state index in [1.165, 1.54) is 0 Å². The van der Waals surface area contributed by atoms with Gasteiger partial charge in [-0.25, -0.2) is 4.79 Å². The number of hydrogen-bond donors (Lipinski definition) is 1. The van der Waals surface area contributed by atoms with Crippen molar-refractivity contribution in [3.63, 3.8) is 0 Å². The molecule has 4 aliphatic rings. The zero-order chi connectivity index (χ0) is 28.6. The van der Waals surface area contributed by atoms with Crippen molar-refractivity contribution in [1.82, 2.24) is 9.96 Å². The molecule has 5 atom stereocenters. The molecular weight excluding hydrogens is 580 g/mol. The van der Waals surface area contributed by atoms with Gasteiger partial charge in [-0.05, 0) is 22.3 Å². The molecular formula is C30H27BrN2O7. The number of likely N-dealkylation sites (tertiary alicyclic amines) is 1. The second-order valence-electron chi connectivity index (χ2n) is 11.1. The summed E-state index contributed by atoms with van der Waals surface area (Å²) in [6, 6.07) is 19.1. The van der Waals surface area contributed by atoms with Crippen LogP contribution in [0.25, 0.3) is 11.1 Å². The van der Waals surface area contributed by atoms with Gasteiger partial charge in [-0.15, -0.1) is 5.06 Å². The highest BCUT2D eigenvalue weighted by Gasteiger charge is 2.85. The highest BCUT2D eigenvalue weighted by atomic mass is 79.9. The number of rotatable bonds is 6. The molecule has 2 aliphatic heterocycles. The highest BCUT2D eigenvalue weighted by Crippen LogP contribution is 2.79. The van der Waals surface area contributed by atoms with Gasteiger partial charge in [-0.2, -0.15) is 0 Å². The molecule has 40 heavy (non-hydrogen) atoms. The van der Waals surface area contributed by atoms with Crippen LogP contribution in [-0.2, 0) is 28.8 Å². The number of hydroxylamine groups is 2. The Balaban J connectivity index is 1.39. The second kappa shape index (κ2) is 8.94. The van der Waals surface area contributed by atoms with Crippen molar-refractivity contribution in [2.24, 2.45) is 16.7 Å². The van der Waals surface area contributed by atoms with E-state index in [0.29, 0.717) is 5.06 Å². The van der Waals surface area contributed by atoms with Crippen molar-refractivity contribution in [2.75, 3.05) is 6.54 Å².